The van der Waals surface area contributed by atoms with Crippen molar-refractivity contribution in [3.05, 3.63) is 63.0 Å². The normalized spacial score (nSPS) is 23.5. The zero-order chi connectivity index (χ0) is 9.52. The van der Waals surface area contributed by atoms with E-state index in [2.05, 4.69) is 0 Å². The van der Waals surface area contributed by atoms with Crippen molar-refractivity contribution in [1.29, 1.82) is 0 Å². The van der Waals surface area contributed by atoms with Crippen molar-refractivity contribution in [2.45, 2.75) is 0 Å². The average molecular weight is 248 g/mol. The molecule has 10 radical (unpaired) electrons. The number of hydrogen-bond acceptors (Lipinski definition) is 1. The second-order valence-electron chi connectivity index (χ2n) is 2.54. The summed E-state index contributed by atoms with van der Waals surface area (Å²) in [7, 11) is -0.798. The SMILES string of the molecule is CS(=O)[C]1[CH][CH][CH][CH]1.[CH]1[CH][CH][CH][CH]1.[Fe]. The molecule has 1 nitrogen and oxygen atoms in total. The smallest absolute Gasteiger partial charge is 0.0701 e. The summed E-state index contributed by atoms with van der Waals surface area (Å²) in [5, 5.41) is 0.907. The van der Waals surface area contributed by atoms with Gasteiger partial charge in [-0.1, -0.05) is 0 Å². The van der Waals surface area contributed by atoms with Crippen LogP contribution in [0.15, 0.2) is 0 Å². The van der Waals surface area contributed by atoms with Gasteiger partial charge in [0, 0.05) is 34.1 Å². The van der Waals surface area contributed by atoms with Crippen molar-refractivity contribution in [3.8, 4) is 0 Å². The van der Waals surface area contributed by atoms with Gasteiger partial charge in [-0.15, -0.1) is 0 Å². The van der Waals surface area contributed by atoms with Gasteiger partial charge in [0.15, 0.2) is 0 Å². The van der Waals surface area contributed by atoms with Gasteiger partial charge < -0.3 is 0 Å². The van der Waals surface area contributed by atoms with Crippen LogP contribution < -0.4 is 0 Å². The van der Waals surface area contributed by atoms with Crippen molar-refractivity contribution >= 4 is 10.8 Å². The van der Waals surface area contributed by atoms with Crippen molar-refractivity contribution in [2.75, 3.05) is 6.26 Å². The topological polar surface area (TPSA) is 17.1 Å². The van der Waals surface area contributed by atoms with E-state index in [4.69, 9.17) is 0 Å². The maximum Gasteiger partial charge on any atom is 0.0701 e. The summed E-state index contributed by atoms with van der Waals surface area (Å²) < 4.78 is 10.6. The second-order valence-corrected chi connectivity index (χ2v) is 3.92. The van der Waals surface area contributed by atoms with E-state index in [-0.39, 0.29) is 17.1 Å². The molecule has 2 saturated carbocycles. The Balaban J connectivity index is 0.000000246. The molecule has 1 atom stereocenters. The van der Waals surface area contributed by atoms with E-state index in [0.717, 1.165) is 5.25 Å². The second kappa shape index (κ2) is 8.94. The molecule has 2 aliphatic carbocycles. The molecule has 3 heteroatoms. The molecule has 0 aliphatic heterocycles. The monoisotopic (exact) mass is 248 g/mol. The molecule has 2 fully saturated rings. The molecule has 0 N–H and O–H groups in total. The van der Waals surface area contributed by atoms with E-state index >= 15 is 0 Å². The van der Waals surface area contributed by atoms with E-state index in [1.54, 1.807) is 6.26 Å². The van der Waals surface area contributed by atoms with Gasteiger partial charge in [0.2, 0.25) is 0 Å². The van der Waals surface area contributed by atoms with Crippen LogP contribution in [0.4, 0.5) is 0 Å². The summed E-state index contributed by atoms with van der Waals surface area (Å²) in [5.41, 5.74) is 0. The zero-order valence-corrected chi connectivity index (χ0v) is 9.79. The maximum atomic E-state index is 10.6. The fourth-order valence-electron chi connectivity index (χ4n) is 0.869. The van der Waals surface area contributed by atoms with Crippen LogP contribution in [0, 0.1) is 63.0 Å². The molecule has 0 aromatic carbocycles. The van der Waals surface area contributed by atoms with Crippen LogP contribution in [-0.2, 0) is 27.9 Å². The van der Waals surface area contributed by atoms with Crippen molar-refractivity contribution in [1.82, 2.24) is 0 Å². The van der Waals surface area contributed by atoms with E-state index in [0.29, 0.717) is 0 Å². The molecule has 1 unspecified atom stereocenters. The third-order valence-electron chi connectivity index (χ3n) is 1.52. The van der Waals surface area contributed by atoms with Crippen LogP contribution in [0.5, 0.6) is 0 Å². The quantitative estimate of drug-likeness (QED) is 0.646. The van der Waals surface area contributed by atoms with Gasteiger partial charge in [0.1, 0.15) is 0 Å². The molecular weight excluding hydrogens is 236 g/mol. The van der Waals surface area contributed by atoms with Crippen LogP contribution in [0.25, 0.3) is 0 Å². The predicted octanol–water partition coefficient (Wildman–Crippen LogP) is 1.75. The van der Waals surface area contributed by atoms with Crippen LogP contribution in [-0.4, -0.2) is 10.5 Å². The molecule has 2 aliphatic rings. The number of rotatable bonds is 1. The van der Waals surface area contributed by atoms with Gasteiger partial charge in [-0.3, -0.25) is 4.21 Å². The van der Waals surface area contributed by atoms with E-state index in [1.165, 1.54) is 0 Å². The van der Waals surface area contributed by atoms with Gasteiger partial charge in [0.05, 0.1) is 5.25 Å². The zero-order valence-electron chi connectivity index (χ0n) is 7.87. The van der Waals surface area contributed by atoms with Crippen molar-refractivity contribution in [2.24, 2.45) is 0 Å². The summed E-state index contributed by atoms with van der Waals surface area (Å²) in [5.74, 6) is 0. The average Bonchev–Trinajstić information content (AvgIpc) is 2.82. The largest absolute Gasteiger partial charge is 0.259 e. The molecule has 0 aromatic heterocycles. The van der Waals surface area contributed by atoms with Crippen molar-refractivity contribution < 1.29 is 21.3 Å². The first kappa shape index (κ1) is 14.7. The summed E-state index contributed by atoms with van der Waals surface area (Å²) in [6.07, 6.45) is 19.2. The van der Waals surface area contributed by atoms with Crippen molar-refractivity contribution in [3.63, 3.8) is 0 Å². The molecule has 14 heavy (non-hydrogen) atoms. The molecule has 0 bridgehead atoms. The van der Waals surface area contributed by atoms with Crippen LogP contribution in [0.2, 0.25) is 0 Å². The first-order chi connectivity index (χ1) is 6.30. The summed E-state index contributed by atoms with van der Waals surface area (Å²) in [6.45, 7) is 0. The van der Waals surface area contributed by atoms with E-state index in [1.807, 2.05) is 57.8 Å². The fourth-order valence-corrected chi connectivity index (χ4v) is 1.41. The molecule has 76 valence electrons. The first-order valence-electron chi connectivity index (χ1n) is 4.02. The Kier molecular flexibility index (Phi) is 9.36. The Bertz CT molecular complexity index is 144. The summed E-state index contributed by atoms with van der Waals surface area (Å²) in [4.78, 5) is 0. The van der Waals surface area contributed by atoms with Crippen LogP contribution in [0.1, 0.15) is 0 Å². The molecule has 0 heterocycles. The molecule has 0 aromatic rings. The summed E-state index contributed by atoms with van der Waals surface area (Å²) in [6, 6.07) is 0. The third kappa shape index (κ3) is 6.21. The molecule has 0 spiro atoms. The molecular formula is C11H12FeOS. The van der Waals surface area contributed by atoms with Gasteiger partial charge in [-0.2, -0.15) is 0 Å². The standard InChI is InChI=1S/C6H7OS.C5H5.Fe/c1-8(7)6-4-2-3-5-6;1-2-4-5-3-1;/h2-5H,1H3;1-5H;. The van der Waals surface area contributed by atoms with Gasteiger partial charge in [0.25, 0.3) is 0 Å². The Hall–Kier alpha value is 0.669. The number of hydrogen-bond donors (Lipinski definition) is 0. The van der Waals surface area contributed by atoms with E-state index in [9.17, 15) is 4.21 Å². The van der Waals surface area contributed by atoms with Gasteiger partial charge >= 0.3 is 0 Å². The fraction of sp³-hybridized carbons (Fsp3) is 0.0909. The minimum atomic E-state index is -0.798. The third-order valence-corrected chi connectivity index (χ3v) is 2.46. The molecule has 2 rings (SSSR count). The Morgan fingerprint density at radius 1 is 0.857 bits per heavy atom. The van der Waals surface area contributed by atoms with Crippen LogP contribution >= 0.6 is 0 Å². The minimum absolute atomic E-state index is 0. The van der Waals surface area contributed by atoms with Gasteiger partial charge in [-0.05, 0) is 57.8 Å². The minimum Gasteiger partial charge on any atom is -0.259 e. The van der Waals surface area contributed by atoms with Gasteiger partial charge in [-0.25, -0.2) is 0 Å². The Morgan fingerprint density at radius 2 is 1.21 bits per heavy atom. The predicted molar refractivity (Wildman–Crippen MR) is 56.0 cm³/mol. The summed E-state index contributed by atoms with van der Waals surface area (Å²) >= 11 is 0. The maximum absolute atomic E-state index is 10.6. The molecule has 0 saturated heterocycles. The first-order valence-corrected chi connectivity index (χ1v) is 5.58. The Labute approximate surface area is 101 Å². The molecule has 0 amide bonds. The van der Waals surface area contributed by atoms with Crippen LogP contribution in [0.3, 0.4) is 0 Å². The Morgan fingerprint density at radius 3 is 1.43 bits per heavy atom. The van der Waals surface area contributed by atoms with E-state index < -0.39 is 10.8 Å².